The summed E-state index contributed by atoms with van der Waals surface area (Å²) >= 11 is 0. The number of ketones is 1. The molecule has 0 radical (unpaired) electrons. The predicted molar refractivity (Wildman–Crippen MR) is 64.8 cm³/mol. The third kappa shape index (κ3) is 1.12. The second-order valence-corrected chi connectivity index (χ2v) is 4.74. The largest absolute Gasteiger partial charge is 0.370 e. The molecule has 86 valence electrons. The molecule has 0 amide bonds. The van der Waals surface area contributed by atoms with Crippen LogP contribution in [-0.2, 0) is 11.3 Å². The molecule has 0 saturated heterocycles. The summed E-state index contributed by atoms with van der Waals surface area (Å²) in [6.45, 7) is 1.60. The SMILES string of the molecule is O=C1CC=Cc2c1c1c3n2CCOC3CC=C1. The van der Waals surface area contributed by atoms with E-state index < -0.39 is 0 Å². The number of nitrogens with zero attached hydrogens (tertiary/aromatic N) is 1. The van der Waals surface area contributed by atoms with Gasteiger partial charge in [-0.25, -0.2) is 0 Å². The number of carbonyl (C=O) groups excluding carboxylic acids is 1. The van der Waals surface area contributed by atoms with Crippen molar-refractivity contribution in [3.8, 4) is 0 Å². The molecular weight excluding hydrogens is 214 g/mol. The van der Waals surface area contributed by atoms with Gasteiger partial charge >= 0.3 is 0 Å². The molecule has 3 heteroatoms. The number of fused-ring (bicyclic) bond motifs is 3. The van der Waals surface area contributed by atoms with Crippen molar-refractivity contribution in [2.75, 3.05) is 6.61 Å². The van der Waals surface area contributed by atoms with E-state index in [4.69, 9.17) is 4.74 Å². The van der Waals surface area contributed by atoms with Gasteiger partial charge in [-0.15, -0.1) is 0 Å². The Morgan fingerprint density at radius 1 is 1.29 bits per heavy atom. The molecule has 3 aliphatic rings. The van der Waals surface area contributed by atoms with Crippen LogP contribution in [0.2, 0.25) is 0 Å². The first-order chi connectivity index (χ1) is 8.36. The first-order valence-electron chi connectivity index (χ1n) is 6.10. The summed E-state index contributed by atoms with van der Waals surface area (Å²) in [5.41, 5.74) is 4.31. The average molecular weight is 227 g/mol. The Hall–Kier alpha value is -1.61. The highest BCUT2D eigenvalue weighted by atomic mass is 16.5. The van der Waals surface area contributed by atoms with E-state index in [0.717, 1.165) is 36.4 Å². The van der Waals surface area contributed by atoms with Gasteiger partial charge in [-0.05, 0) is 12.5 Å². The van der Waals surface area contributed by atoms with E-state index in [2.05, 4.69) is 22.8 Å². The Labute approximate surface area is 99.4 Å². The first kappa shape index (κ1) is 9.42. The third-order valence-corrected chi connectivity index (χ3v) is 3.81. The second-order valence-electron chi connectivity index (χ2n) is 4.74. The highest BCUT2D eigenvalue weighted by molar-refractivity contribution is 6.06. The van der Waals surface area contributed by atoms with Crippen molar-refractivity contribution in [3.63, 3.8) is 0 Å². The molecule has 0 saturated carbocycles. The molecule has 1 aromatic heterocycles. The monoisotopic (exact) mass is 227 g/mol. The molecule has 1 aromatic rings. The van der Waals surface area contributed by atoms with Gasteiger partial charge in [0.15, 0.2) is 5.78 Å². The lowest BCUT2D eigenvalue weighted by Gasteiger charge is -2.28. The summed E-state index contributed by atoms with van der Waals surface area (Å²) in [4.78, 5) is 12.1. The van der Waals surface area contributed by atoms with Crippen LogP contribution in [0.15, 0.2) is 12.2 Å². The molecule has 0 fully saturated rings. The van der Waals surface area contributed by atoms with E-state index in [9.17, 15) is 4.79 Å². The van der Waals surface area contributed by atoms with Crippen LogP contribution in [0.25, 0.3) is 12.2 Å². The van der Waals surface area contributed by atoms with Crippen molar-refractivity contribution in [1.29, 1.82) is 0 Å². The van der Waals surface area contributed by atoms with E-state index in [0.29, 0.717) is 6.42 Å². The van der Waals surface area contributed by atoms with Gasteiger partial charge in [-0.1, -0.05) is 18.2 Å². The van der Waals surface area contributed by atoms with Crippen molar-refractivity contribution in [3.05, 3.63) is 34.7 Å². The molecule has 1 unspecified atom stereocenters. The zero-order valence-electron chi connectivity index (χ0n) is 9.48. The summed E-state index contributed by atoms with van der Waals surface area (Å²) in [6.07, 6.45) is 9.87. The van der Waals surface area contributed by atoms with Gasteiger partial charge in [-0.3, -0.25) is 4.79 Å². The molecule has 1 aliphatic heterocycles. The number of hydrogen-bond donors (Lipinski definition) is 0. The Kier molecular flexibility index (Phi) is 1.77. The quantitative estimate of drug-likeness (QED) is 0.682. The lowest BCUT2D eigenvalue weighted by Crippen LogP contribution is -2.23. The van der Waals surface area contributed by atoms with Gasteiger partial charge < -0.3 is 9.30 Å². The molecule has 1 atom stereocenters. The molecular formula is C14H13NO2. The maximum atomic E-state index is 12.1. The predicted octanol–water partition coefficient (Wildman–Crippen LogP) is 2.58. The van der Waals surface area contributed by atoms with Crippen molar-refractivity contribution in [2.24, 2.45) is 0 Å². The topological polar surface area (TPSA) is 31.2 Å². The fourth-order valence-corrected chi connectivity index (χ4v) is 3.13. The van der Waals surface area contributed by atoms with Crippen molar-refractivity contribution in [2.45, 2.75) is 25.5 Å². The van der Waals surface area contributed by atoms with Crippen LogP contribution >= 0.6 is 0 Å². The van der Waals surface area contributed by atoms with E-state index in [1.165, 1.54) is 5.69 Å². The summed E-state index contributed by atoms with van der Waals surface area (Å²) < 4.78 is 8.06. The van der Waals surface area contributed by atoms with Gasteiger partial charge in [0, 0.05) is 18.5 Å². The zero-order valence-corrected chi connectivity index (χ0v) is 9.48. The van der Waals surface area contributed by atoms with Crippen LogP contribution in [0.4, 0.5) is 0 Å². The van der Waals surface area contributed by atoms with Gasteiger partial charge in [0.2, 0.25) is 0 Å². The number of carbonyl (C=O) groups is 1. The number of aromatic nitrogens is 1. The highest BCUT2D eigenvalue weighted by Crippen LogP contribution is 2.40. The summed E-state index contributed by atoms with van der Waals surface area (Å²) in [6, 6.07) is 0. The normalized spacial score (nSPS) is 24.7. The van der Waals surface area contributed by atoms with E-state index in [1.54, 1.807) is 0 Å². The van der Waals surface area contributed by atoms with Crippen molar-refractivity contribution < 1.29 is 9.53 Å². The number of allylic oxidation sites excluding steroid dienone is 1. The van der Waals surface area contributed by atoms with Gasteiger partial charge in [-0.2, -0.15) is 0 Å². The van der Waals surface area contributed by atoms with Crippen LogP contribution in [-0.4, -0.2) is 17.0 Å². The van der Waals surface area contributed by atoms with Crippen molar-refractivity contribution in [1.82, 2.24) is 4.57 Å². The average Bonchev–Trinajstić information content (AvgIpc) is 2.69. The minimum atomic E-state index is 0.149. The minimum Gasteiger partial charge on any atom is -0.370 e. The smallest absolute Gasteiger partial charge is 0.169 e. The fraction of sp³-hybridized carbons (Fsp3) is 0.357. The fourth-order valence-electron chi connectivity index (χ4n) is 3.13. The molecule has 0 aromatic carbocycles. The molecule has 0 N–H and O–H groups in total. The Morgan fingerprint density at radius 2 is 2.24 bits per heavy atom. The van der Waals surface area contributed by atoms with Gasteiger partial charge in [0.25, 0.3) is 0 Å². The molecule has 0 spiro atoms. The van der Waals surface area contributed by atoms with Gasteiger partial charge in [0.1, 0.15) is 6.10 Å². The van der Waals surface area contributed by atoms with E-state index >= 15 is 0 Å². The summed E-state index contributed by atoms with van der Waals surface area (Å²) in [5.74, 6) is 0.240. The summed E-state index contributed by atoms with van der Waals surface area (Å²) in [7, 11) is 0. The van der Waals surface area contributed by atoms with Crippen LogP contribution in [0, 0.1) is 0 Å². The molecule has 17 heavy (non-hydrogen) atoms. The van der Waals surface area contributed by atoms with Crippen molar-refractivity contribution >= 4 is 17.9 Å². The number of Topliss-reactive ketones (excluding diaryl/α,β-unsaturated/α-hetero) is 1. The molecule has 3 nitrogen and oxygen atoms in total. The zero-order chi connectivity index (χ0) is 11.4. The van der Waals surface area contributed by atoms with Crippen LogP contribution in [0.3, 0.4) is 0 Å². The lowest BCUT2D eigenvalue weighted by molar-refractivity contribution is 0.0215. The third-order valence-electron chi connectivity index (χ3n) is 3.81. The highest BCUT2D eigenvalue weighted by Gasteiger charge is 2.33. The van der Waals surface area contributed by atoms with E-state index in [1.807, 2.05) is 6.08 Å². The summed E-state index contributed by atoms with van der Waals surface area (Å²) in [5, 5.41) is 0. The standard InChI is InChI=1S/C14H13NO2/c16-11-5-2-4-10-13(11)9-3-1-6-12-14(9)15(10)7-8-17-12/h1-4,12H,5-8H2. The lowest BCUT2D eigenvalue weighted by atomic mass is 9.93. The molecule has 4 rings (SSSR count). The van der Waals surface area contributed by atoms with Crippen LogP contribution < -0.4 is 0 Å². The molecule has 2 aliphatic carbocycles. The van der Waals surface area contributed by atoms with E-state index in [-0.39, 0.29) is 11.9 Å². The number of hydrogen-bond acceptors (Lipinski definition) is 2. The number of ether oxygens (including phenoxy) is 1. The Bertz CT molecular complexity index is 578. The number of rotatable bonds is 0. The molecule has 2 heterocycles. The maximum absolute atomic E-state index is 12.1. The Morgan fingerprint density at radius 3 is 3.18 bits per heavy atom. The van der Waals surface area contributed by atoms with Crippen LogP contribution in [0.1, 0.15) is 46.3 Å². The van der Waals surface area contributed by atoms with Crippen LogP contribution in [0.5, 0.6) is 0 Å². The first-order valence-corrected chi connectivity index (χ1v) is 6.10. The second kappa shape index (κ2) is 3.20. The Balaban J connectivity index is 2.08. The molecule has 0 bridgehead atoms. The van der Waals surface area contributed by atoms with Gasteiger partial charge in [0.05, 0.1) is 23.6 Å². The maximum Gasteiger partial charge on any atom is 0.169 e. The minimum absolute atomic E-state index is 0.149.